The molecule has 20 heavy (non-hydrogen) atoms. The van der Waals surface area contributed by atoms with Crippen molar-refractivity contribution in [2.45, 2.75) is 38.7 Å². The number of carbonyl (C=O) groups excluding carboxylic acids is 1. The average Bonchev–Trinajstić information content (AvgIpc) is 2.72. The molecule has 2 aliphatic rings. The van der Waals surface area contributed by atoms with Crippen LogP contribution in [0.3, 0.4) is 0 Å². The first-order valence-corrected chi connectivity index (χ1v) is 6.98. The quantitative estimate of drug-likeness (QED) is 0.453. The Hall–Kier alpha value is -1.24. The molecule has 0 saturated carbocycles. The molecule has 0 unspecified atom stereocenters. The summed E-state index contributed by atoms with van der Waals surface area (Å²) >= 11 is 0. The largest absolute Gasteiger partial charge is 0.668 e. The van der Waals surface area contributed by atoms with Gasteiger partial charge in [-0.2, -0.15) is 0 Å². The maximum Gasteiger partial charge on any atom is 0.668 e. The number of ketones is 1. The van der Waals surface area contributed by atoms with Crippen LogP contribution in [0.15, 0.2) is 12.7 Å². The molecular formula is C13H20BF2NO3. The van der Waals surface area contributed by atoms with E-state index in [9.17, 15) is 13.4 Å². The molecule has 0 amide bonds. The minimum atomic E-state index is -4.47. The fraction of sp³-hybridized carbons (Fsp3) is 0.692. The van der Waals surface area contributed by atoms with Crippen molar-refractivity contribution >= 4 is 18.8 Å². The number of piperidine rings is 1. The first-order valence-electron chi connectivity index (χ1n) is 6.98. The van der Waals surface area contributed by atoms with Crippen LogP contribution in [0.5, 0.6) is 0 Å². The van der Waals surface area contributed by atoms with Crippen LogP contribution >= 0.6 is 0 Å². The number of hydrogen-bond acceptors (Lipinski definition) is 3. The smallest absolute Gasteiger partial charge is 0.591 e. The van der Waals surface area contributed by atoms with Gasteiger partial charge in [0, 0.05) is 18.8 Å². The van der Waals surface area contributed by atoms with Gasteiger partial charge in [-0.05, 0) is 13.3 Å². The Morgan fingerprint density at radius 1 is 1.45 bits per heavy atom. The van der Waals surface area contributed by atoms with Gasteiger partial charge in [0.15, 0.2) is 5.78 Å². The Morgan fingerprint density at radius 3 is 2.55 bits per heavy atom. The summed E-state index contributed by atoms with van der Waals surface area (Å²) in [6, 6.07) is 0. The fourth-order valence-electron chi connectivity index (χ4n) is 2.94. The van der Waals surface area contributed by atoms with E-state index in [2.05, 4.69) is 6.58 Å². The van der Waals surface area contributed by atoms with E-state index >= 15 is 0 Å². The molecule has 2 saturated heterocycles. The van der Waals surface area contributed by atoms with Crippen LogP contribution in [-0.4, -0.2) is 42.1 Å². The zero-order valence-corrected chi connectivity index (χ0v) is 11.9. The van der Waals surface area contributed by atoms with Crippen molar-refractivity contribution in [3.05, 3.63) is 12.7 Å². The summed E-state index contributed by atoms with van der Waals surface area (Å²) in [5.74, 6) is -1.11. The van der Waals surface area contributed by atoms with Crippen LogP contribution in [0.2, 0.25) is 0 Å². The first kappa shape index (κ1) is 15.2. The van der Waals surface area contributed by atoms with E-state index in [0.717, 1.165) is 19.3 Å². The van der Waals surface area contributed by atoms with Crippen LogP contribution < -0.4 is 0 Å². The fourth-order valence-corrected chi connectivity index (χ4v) is 2.94. The summed E-state index contributed by atoms with van der Waals surface area (Å²) in [5.41, 5.74) is -1.75. The van der Waals surface area contributed by atoms with Gasteiger partial charge in [-0.3, -0.25) is 4.79 Å². The van der Waals surface area contributed by atoms with Crippen molar-refractivity contribution in [2.24, 2.45) is 5.92 Å². The second-order valence-electron chi connectivity index (χ2n) is 5.44. The van der Waals surface area contributed by atoms with Gasteiger partial charge in [0.2, 0.25) is 5.60 Å². The Labute approximate surface area is 117 Å². The van der Waals surface area contributed by atoms with E-state index in [0.29, 0.717) is 13.1 Å². The Kier molecular flexibility index (Phi) is 4.00. The van der Waals surface area contributed by atoms with Gasteiger partial charge in [0.1, 0.15) is 13.1 Å². The number of Topliss-reactive ketones (excluding diaryl/α,β-unsaturated/α-hetero) is 1. The van der Waals surface area contributed by atoms with Gasteiger partial charge in [-0.1, -0.05) is 13.0 Å². The SMILES string of the molecule is C=C[C@@H](C)[C@@]1(C(C)=O)O[B-](F)(F)OC1=[N+]1CCCCC1. The van der Waals surface area contributed by atoms with Gasteiger partial charge in [-0.25, -0.2) is 4.58 Å². The molecule has 0 radical (unpaired) electrons. The number of carbonyl (C=O) groups is 1. The standard InChI is InChI=1S/C13H20BF2NO3/c1-4-10(2)13(11(3)18)12(19-14(15,16)20-13)17-8-6-5-7-9-17/h4,10H,1,5-9H2,2-3H3/t10-,13+/m1/s1. The van der Waals surface area contributed by atoms with Crippen LogP contribution in [0.25, 0.3) is 0 Å². The zero-order valence-electron chi connectivity index (χ0n) is 11.9. The maximum absolute atomic E-state index is 13.7. The molecule has 0 aliphatic carbocycles. The van der Waals surface area contributed by atoms with E-state index in [1.165, 1.54) is 13.0 Å². The number of rotatable bonds is 3. The lowest BCUT2D eigenvalue weighted by Gasteiger charge is -2.31. The predicted molar refractivity (Wildman–Crippen MR) is 71.8 cm³/mol. The lowest BCUT2D eigenvalue weighted by Crippen LogP contribution is -2.53. The molecule has 2 aliphatic heterocycles. The third-order valence-corrected chi connectivity index (χ3v) is 4.05. The van der Waals surface area contributed by atoms with Crippen molar-refractivity contribution in [1.29, 1.82) is 0 Å². The molecule has 0 N–H and O–H groups in total. The highest BCUT2D eigenvalue weighted by Gasteiger charge is 2.63. The Bertz CT molecular complexity index is 459. The molecule has 0 aromatic carbocycles. The van der Waals surface area contributed by atoms with Crippen LogP contribution in [0.4, 0.5) is 8.63 Å². The third kappa shape index (κ3) is 2.39. The van der Waals surface area contributed by atoms with Crippen molar-refractivity contribution in [3.63, 3.8) is 0 Å². The molecule has 7 heteroatoms. The zero-order chi connectivity index (χ0) is 15.0. The molecule has 4 nitrogen and oxygen atoms in total. The third-order valence-electron chi connectivity index (χ3n) is 4.05. The second kappa shape index (κ2) is 5.28. The van der Waals surface area contributed by atoms with Crippen molar-refractivity contribution in [3.8, 4) is 0 Å². The molecule has 0 aromatic rings. The number of hydrogen-bond donors (Lipinski definition) is 0. The normalized spacial score (nSPS) is 30.8. The summed E-state index contributed by atoms with van der Waals surface area (Å²) in [6.07, 6.45) is 4.28. The lowest BCUT2D eigenvalue weighted by atomic mass is 9.84. The topological polar surface area (TPSA) is 38.5 Å². The van der Waals surface area contributed by atoms with Gasteiger partial charge < -0.3 is 17.9 Å². The van der Waals surface area contributed by atoms with Crippen LogP contribution in [0, 0.1) is 5.92 Å². The molecule has 2 fully saturated rings. The van der Waals surface area contributed by atoms with Gasteiger partial charge >= 0.3 is 13.0 Å². The summed E-state index contributed by atoms with van der Waals surface area (Å²) in [4.78, 5) is 12.1. The number of nitrogens with zero attached hydrogens (tertiary/aromatic N) is 1. The summed E-state index contributed by atoms with van der Waals surface area (Å²) in [5, 5.41) is 0. The molecule has 2 atom stereocenters. The van der Waals surface area contributed by atoms with Gasteiger partial charge in [-0.15, -0.1) is 6.58 Å². The molecule has 0 bridgehead atoms. The van der Waals surface area contributed by atoms with E-state index < -0.39 is 24.4 Å². The van der Waals surface area contributed by atoms with Crippen molar-refractivity contribution in [2.75, 3.05) is 13.1 Å². The van der Waals surface area contributed by atoms with Crippen LogP contribution in [-0.2, 0) is 14.1 Å². The van der Waals surface area contributed by atoms with Gasteiger partial charge in [0.25, 0.3) is 0 Å². The summed E-state index contributed by atoms with van der Waals surface area (Å²) < 4.78 is 38.7. The highest BCUT2D eigenvalue weighted by Crippen LogP contribution is 2.39. The van der Waals surface area contributed by atoms with E-state index in [1.807, 2.05) is 0 Å². The average molecular weight is 287 g/mol. The number of halogens is 2. The molecule has 0 spiro atoms. The van der Waals surface area contributed by atoms with Crippen molar-refractivity contribution < 1.29 is 27.3 Å². The van der Waals surface area contributed by atoms with Gasteiger partial charge in [0.05, 0.1) is 0 Å². The van der Waals surface area contributed by atoms with E-state index in [4.69, 9.17) is 9.31 Å². The Balaban J connectivity index is 2.55. The molecule has 112 valence electrons. The molecule has 2 rings (SSSR count). The second-order valence-corrected chi connectivity index (χ2v) is 5.44. The summed E-state index contributed by atoms with van der Waals surface area (Å²) in [6.45, 7) is 7.70. The minimum Gasteiger partial charge on any atom is -0.591 e. The molecule has 2 heterocycles. The predicted octanol–water partition coefficient (Wildman–Crippen LogP) is 2.15. The van der Waals surface area contributed by atoms with E-state index in [1.54, 1.807) is 11.5 Å². The minimum absolute atomic E-state index is 0.0397. The maximum atomic E-state index is 13.7. The molecule has 0 aromatic heterocycles. The highest BCUT2D eigenvalue weighted by molar-refractivity contribution is 6.57. The van der Waals surface area contributed by atoms with E-state index in [-0.39, 0.29) is 5.90 Å². The van der Waals surface area contributed by atoms with Crippen molar-refractivity contribution in [1.82, 2.24) is 0 Å². The Morgan fingerprint density at radius 2 is 2.05 bits per heavy atom. The highest BCUT2D eigenvalue weighted by atomic mass is 19.3. The lowest BCUT2D eigenvalue weighted by molar-refractivity contribution is -0.546. The molecular weight excluding hydrogens is 267 g/mol. The van der Waals surface area contributed by atoms with Crippen LogP contribution in [0.1, 0.15) is 33.1 Å². The summed E-state index contributed by atoms with van der Waals surface area (Å²) in [7, 11) is -4.47. The monoisotopic (exact) mass is 287 g/mol. The first-order chi connectivity index (χ1) is 9.33.